The average molecular weight is 688 g/mol. The van der Waals surface area contributed by atoms with Gasteiger partial charge in [-0.15, -0.1) is 26.8 Å². The zero-order valence-corrected chi connectivity index (χ0v) is 26.5. The number of ether oxygens (including phenoxy) is 1. The number of rotatable bonds is 3. The fourth-order valence-corrected chi connectivity index (χ4v) is 3.37. The Morgan fingerprint density at radius 3 is 2.24 bits per heavy atom. The van der Waals surface area contributed by atoms with Crippen molar-refractivity contribution in [3.05, 3.63) is 97.4 Å². The van der Waals surface area contributed by atoms with Gasteiger partial charge < -0.3 is 4.74 Å². The molecule has 0 aliphatic heterocycles. The second-order valence-corrected chi connectivity index (χ2v) is 22.0. The van der Waals surface area contributed by atoms with Crippen LogP contribution in [0.3, 0.4) is 0 Å². The molecule has 0 spiro atoms. The van der Waals surface area contributed by atoms with Crippen molar-refractivity contribution in [2.45, 2.75) is 0 Å². The zero-order valence-electron chi connectivity index (χ0n) is 17.2. The van der Waals surface area contributed by atoms with E-state index in [4.69, 9.17) is 18.2 Å². The second kappa shape index (κ2) is 16.6. The number of halogens is 4. The van der Waals surface area contributed by atoms with Gasteiger partial charge >= 0.3 is 5.97 Å². The quantitative estimate of drug-likeness (QED) is 0.156. The Balaban J connectivity index is 0.000000304. The molecule has 3 aromatic rings. The first-order valence-corrected chi connectivity index (χ1v) is 19.0. The SMILES string of the molecule is COC(=O)c1ccc(-c2cccc(Br)c2)c(Cl)c1.PPP(P)P.[C-]#[N+]c1c(F)cccc1Br. The van der Waals surface area contributed by atoms with Gasteiger partial charge in [-0.3, -0.25) is 0 Å². The highest BCUT2D eigenvalue weighted by atomic mass is 79.9. The van der Waals surface area contributed by atoms with Crippen molar-refractivity contribution in [3.63, 3.8) is 0 Å². The molecule has 0 bridgehead atoms. The molecule has 33 heavy (non-hydrogen) atoms. The van der Waals surface area contributed by atoms with E-state index in [0.29, 0.717) is 15.1 Å². The highest BCUT2D eigenvalue weighted by molar-refractivity contribution is 9.10. The number of esters is 1. The van der Waals surface area contributed by atoms with Crippen molar-refractivity contribution in [1.82, 2.24) is 0 Å². The molecule has 3 nitrogen and oxygen atoms in total. The predicted molar refractivity (Wildman–Crippen MR) is 161 cm³/mol. The van der Waals surface area contributed by atoms with Gasteiger partial charge in [0.25, 0.3) is 0 Å². The van der Waals surface area contributed by atoms with Crippen LogP contribution < -0.4 is 0 Å². The first kappa shape index (κ1) is 31.0. The summed E-state index contributed by atoms with van der Waals surface area (Å²) in [6.07, 6.45) is 0. The minimum atomic E-state index is -0.482. The van der Waals surface area contributed by atoms with Crippen LogP contribution >= 0.6 is 85.2 Å². The number of benzene rings is 3. The second-order valence-electron chi connectivity index (χ2n) is 5.91. The predicted octanol–water partition coefficient (Wildman–Crippen LogP) is 10.1. The molecule has 0 aromatic heterocycles. The van der Waals surface area contributed by atoms with Gasteiger partial charge in [0.15, 0.2) is 0 Å². The lowest BCUT2D eigenvalue weighted by molar-refractivity contribution is 0.0600. The first-order chi connectivity index (χ1) is 15.6. The highest BCUT2D eigenvalue weighted by Crippen LogP contribution is 2.71. The van der Waals surface area contributed by atoms with Gasteiger partial charge in [0, 0.05) is 19.5 Å². The van der Waals surface area contributed by atoms with Gasteiger partial charge in [0.2, 0.25) is 5.69 Å². The summed E-state index contributed by atoms with van der Waals surface area (Å²) < 4.78 is 18.7. The third-order valence-electron chi connectivity index (χ3n) is 3.72. The van der Waals surface area contributed by atoms with E-state index < -0.39 is 11.8 Å². The maximum Gasteiger partial charge on any atom is 0.337 e. The molecular weight excluding hydrogens is 667 g/mol. The minimum absolute atomic E-state index is 0.0440. The molecule has 0 aliphatic rings. The summed E-state index contributed by atoms with van der Waals surface area (Å²) in [5, 5.41) is 0.524. The Kier molecular flexibility index (Phi) is 15.6. The van der Waals surface area contributed by atoms with Crippen LogP contribution in [0.15, 0.2) is 69.6 Å². The number of methoxy groups -OCH3 is 1. The maximum absolute atomic E-state index is 12.6. The smallest absolute Gasteiger partial charge is 0.337 e. The lowest BCUT2D eigenvalue weighted by Gasteiger charge is -2.07. The fourth-order valence-electron chi connectivity index (χ4n) is 2.25. The molecule has 0 heterocycles. The highest BCUT2D eigenvalue weighted by Gasteiger charge is 2.10. The van der Waals surface area contributed by atoms with Crippen molar-refractivity contribution in [3.8, 4) is 11.1 Å². The molecule has 4 atom stereocenters. The summed E-state index contributed by atoms with van der Waals surface area (Å²) in [5.41, 5.74) is 2.36. The van der Waals surface area contributed by atoms with Crippen molar-refractivity contribution in [1.29, 1.82) is 0 Å². The molecule has 0 N–H and O–H groups in total. The molecule has 3 aromatic carbocycles. The summed E-state index contributed by atoms with van der Waals surface area (Å²) in [6, 6.07) is 17.4. The average Bonchev–Trinajstić information content (AvgIpc) is 2.79. The van der Waals surface area contributed by atoms with Crippen molar-refractivity contribution < 1.29 is 13.9 Å². The summed E-state index contributed by atoms with van der Waals surface area (Å²) >= 11 is 12.7. The van der Waals surface area contributed by atoms with Gasteiger partial charge in [0.1, 0.15) is 5.82 Å². The Labute approximate surface area is 225 Å². The Morgan fingerprint density at radius 1 is 1.15 bits per heavy atom. The third kappa shape index (κ3) is 11.0. The van der Waals surface area contributed by atoms with E-state index in [0.717, 1.165) is 23.6 Å². The monoisotopic (exact) mass is 685 g/mol. The molecule has 174 valence electrons. The standard InChI is InChI=1S/C14H10BrClO2.C7H3BrFN.H7P5/c1-18-14(17)10-5-6-12(13(16)8-10)9-3-2-4-11(15)7-9;1-10-7-5(8)3-2-4-6(7)9;1-4-5(2)3/h2-8H,1H3;2-4H;4H,1-3H2. The number of carbonyl (C=O) groups is 1. The Bertz CT molecular complexity index is 1110. The van der Waals surface area contributed by atoms with Crippen molar-refractivity contribution >= 4 is 96.8 Å². The van der Waals surface area contributed by atoms with Gasteiger partial charge in [0.05, 0.1) is 19.2 Å². The largest absolute Gasteiger partial charge is 0.465 e. The number of para-hydroxylation sites is 1. The van der Waals surface area contributed by atoms with Crippen LogP contribution in [0.25, 0.3) is 16.0 Å². The van der Waals surface area contributed by atoms with E-state index in [1.54, 1.807) is 24.3 Å². The normalized spacial score (nSPS) is 10.1. The topological polar surface area (TPSA) is 30.7 Å². The summed E-state index contributed by atoms with van der Waals surface area (Å²) in [5.74, 6) is -0.873. The number of hydrogen-bond acceptors (Lipinski definition) is 2. The number of hydrogen-bond donors (Lipinski definition) is 0. The number of carbonyl (C=O) groups excluding carboxylic acids is 1. The van der Waals surface area contributed by atoms with Crippen LogP contribution in [0.2, 0.25) is 5.02 Å². The molecule has 12 heteroatoms. The van der Waals surface area contributed by atoms with Gasteiger partial charge in [-0.05, 0) is 42.9 Å². The lowest BCUT2D eigenvalue weighted by Crippen LogP contribution is -2.00. The fraction of sp³-hybridized carbons (Fsp3) is 0.0476. The van der Waals surface area contributed by atoms with E-state index in [-0.39, 0.29) is 12.7 Å². The van der Waals surface area contributed by atoms with Gasteiger partial charge in [-0.1, -0.05) is 81.8 Å². The summed E-state index contributed by atoms with van der Waals surface area (Å²) in [7, 11) is 10.6. The summed E-state index contributed by atoms with van der Waals surface area (Å²) in [6.45, 7) is 6.81. The first-order valence-electron chi connectivity index (χ1n) is 8.85. The number of nitrogens with zero attached hydrogens (tertiary/aromatic N) is 1. The van der Waals surface area contributed by atoms with Crippen LogP contribution in [0, 0.1) is 12.4 Å². The van der Waals surface area contributed by atoms with Crippen LogP contribution in [0.4, 0.5) is 10.1 Å². The van der Waals surface area contributed by atoms with Gasteiger partial charge in [-0.2, -0.15) is 0 Å². The van der Waals surface area contributed by atoms with Crippen molar-refractivity contribution in [2.75, 3.05) is 7.11 Å². The van der Waals surface area contributed by atoms with Crippen molar-refractivity contribution in [2.24, 2.45) is 0 Å². The van der Waals surface area contributed by atoms with E-state index in [1.807, 2.05) is 30.3 Å². The zero-order chi connectivity index (χ0) is 25.0. The van der Waals surface area contributed by atoms with E-state index in [1.165, 1.54) is 13.2 Å². The molecule has 0 amide bonds. The molecule has 0 saturated heterocycles. The Hall–Kier alpha value is -0.0500. The van der Waals surface area contributed by atoms with Crippen LogP contribution in [0.1, 0.15) is 10.4 Å². The summed E-state index contributed by atoms with van der Waals surface area (Å²) in [4.78, 5) is 14.4. The van der Waals surface area contributed by atoms with Gasteiger partial charge in [-0.25, -0.2) is 14.0 Å². The molecule has 3 rings (SSSR count). The van der Waals surface area contributed by atoms with Crippen LogP contribution in [0.5, 0.6) is 0 Å². The molecule has 0 radical (unpaired) electrons. The Morgan fingerprint density at radius 2 is 1.79 bits per heavy atom. The minimum Gasteiger partial charge on any atom is -0.465 e. The van der Waals surface area contributed by atoms with E-state index in [9.17, 15) is 9.18 Å². The third-order valence-corrected chi connectivity index (χ3v) is 17.1. The molecule has 0 saturated carbocycles. The van der Waals surface area contributed by atoms with Crippen LogP contribution in [-0.2, 0) is 4.74 Å². The van der Waals surface area contributed by atoms with Crippen LogP contribution in [-0.4, -0.2) is 13.1 Å². The van der Waals surface area contributed by atoms with E-state index in [2.05, 4.69) is 68.2 Å². The molecule has 0 fully saturated rings. The molecular formula is C21H20Br2ClFNO2P5. The maximum atomic E-state index is 12.6. The molecule has 0 aliphatic carbocycles. The lowest BCUT2D eigenvalue weighted by atomic mass is 10.0. The molecule has 4 unspecified atom stereocenters. The van der Waals surface area contributed by atoms with E-state index >= 15 is 0 Å².